The minimum absolute atomic E-state index is 0.0572. The van der Waals surface area contributed by atoms with Gasteiger partial charge in [0.2, 0.25) is 5.91 Å². The molecule has 0 saturated carbocycles. The summed E-state index contributed by atoms with van der Waals surface area (Å²) in [5.41, 5.74) is 0.348. The van der Waals surface area contributed by atoms with Crippen LogP contribution in [0.4, 0.5) is 14.5 Å². The summed E-state index contributed by atoms with van der Waals surface area (Å²) in [6.45, 7) is 3.65. The Labute approximate surface area is 131 Å². The lowest BCUT2D eigenvalue weighted by molar-refractivity contribution is -0.129. The van der Waals surface area contributed by atoms with E-state index in [4.69, 9.17) is 5.26 Å². The van der Waals surface area contributed by atoms with Crippen LogP contribution in [-0.2, 0) is 9.59 Å². The first-order chi connectivity index (χ1) is 10.3. The van der Waals surface area contributed by atoms with Crippen LogP contribution in [0.3, 0.4) is 0 Å². The molecule has 0 heterocycles. The smallest absolute Gasteiger partial charge is 0.288 e. The van der Waals surface area contributed by atoms with E-state index in [1.807, 2.05) is 13.8 Å². The maximum Gasteiger partial charge on any atom is 0.288 e. The van der Waals surface area contributed by atoms with Gasteiger partial charge in [-0.3, -0.25) is 9.59 Å². The number of anilines is 1. The Balaban J connectivity index is 2.70. The van der Waals surface area contributed by atoms with Gasteiger partial charge in [-0.05, 0) is 30.2 Å². The topological polar surface area (TPSA) is 70.0 Å². The normalized spacial score (nSPS) is 12.0. The molecule has 0 radical (unpaired) electrons. The average Bonchev–Trinajstić information content (AvgIpc) is 2.40. The first-order valence-electron chi connectivity index (χ1n) is 6.61. The van der Waals surface area contributed by atoms with Crippen molar-refractivity contribution in [3.05, 3.63) is 24.3 Å². The van der Waals surface area contributed by atoms with Crippen LogP contribution in [0.5, 0.6) is 0 Å². The molecule has 1 N–H and O–H groups in total. The van der Waals surface area contributed by atoms with Crippen molar-refractivity contribution < 1.29 is 18.4 Å². The molecule has 1 aromatic rings. The third kappa shape index (κ3) is 5.82. The number of carbonyl (C=O) groups is 2. The van der Waals surface area contributed by atoms with E-state index in [1.165, 1.54) is 24.3 Å². The second-order valence-corrected chi connectivity index (χ2v) is 6.08. The van der Waals surface area contributed by atoms with E-state index in [-0.39, 0.29) is 12.3 Å². The van der Waals surface area contributed by atoms with Crippen LogP contribution in [-0.4, -0.2) is 17.4 Å². The molecule has 1 atom stereocenters. The van der Waals surface area contributed by atoms with Crippen molar-refractivity contribution in [1.29, 1.82) is 5.26 Å². The number of carbonyl (C=O) groups excluding carboxylic acids is 2. The molecule has 0 saturated heterocycles. The van der Waals surface area contributed by atoms with E-state index in [2.05, 4.69) is 5.32 Å². The molecule has 0 spiro atoms. The van der Waals surface area contributed by atoms with Crippen LogP contribution in [0, 0.1) is 23.2 Å². The van der Waals surface area contributed by atoms with Gasteiger partial charge in [-0.15, -0.1) is 0 Å². The summed E-state index contributed by atoms with van der Waals surface area (Å²) in [6.07, 6.45) is 0.148. The van der Waals surface area contributed by atoms with Crippen molar-refractivity contribution in [1.82, 2.24) is 0 Å². The molecule has 118 valence electrons. The zero-order valence-electron chi connectivity index (χ0n) is 12.2. The number of benzene rings is 1. The summed E-state index contributed by atoms with van der Waals surface area (Å²) in [5.74, 6) is -4.96. The molecule has 0 aromatic heterocycles. The van der Waals surface area contributed by atoms with Gasteiger partial charge >= 0.3 is 0 Å². The molecule has 1 unspecified atom stereocenters. The van der Waals surface area contributed by atoms with Gasteiger partial charge < -0.3 is 5.32 Å². The lowest BCUT2D eigenvalue weighted by Crippen LogP contribution is -2.29. The Bertz CT molecular complexity index is 568. The number of nitriles is 1. The molecular weight excluding hydrogens is 310 g/mol. The van der Waals surface area contributed by atoms with Gasteiger partial charge in [0.05, 0.1) is 6.07 Å². The molecule has 1 aromatic carbocycles. The van der Waals surface area contributed by atoms with Crippen molar-refractivity contribution >= 4 is 29.1 Å². The quantitative estimate of drug-likeness (QED) is 0.613. The Hall–Kier alpha value is -1.94. The number of Topliss-reactive ketones (excluding diaryl/α,β-unsaturated/α-hetero) is 1. The van der Waals surface area contributed by atoms with Crippen LogP contribution in [0.1, 0.15) is 20.3 Å². The van der Waals surface area contributed by atoms with E-state index in [1.54, 1.807) is 6.07 Å². The van der Waals surface area contributed by atoms with E-state index < -0.39 is 23.4 Å². The number of nitrogens with zero attached hydrogens (tertiary/aromatic N) is 1. The number of thioether (sulfide) groups is 1. The Morgan fingerprint density at radius 2 is 1.86 bits per heavy atom. The fraction of sp³-hybridized carbons (Fsp3) is 0.400. The van der Waals surface area contributed by atoms with Gasteiger partial charge in [0.25, 0.3) is 5.76 Å². The largest absolute Gasteiger partial charge is 0.325 e. The number of nitrogens with one attached hydrogen (secondary N) is 1. The number of halogens is 2. The summed E-state index contributed by atoms with van der Waals surface area (Å²) in [6, 6.07) is 7.47. The highest BCUT2D eigenvalue weighted by atomic mass is 32.2. The fourth-order valence-corrected chi connectivity index (χ4v) is 2.23. The Kier molecular flexibility index (Phi) is 6.99. The second kappa shape index (κ2) is 8.49. The van der Waals surface area contributed by atoms with E-state index in [0.717, 1.165) is 0 Å². The summed E-state index contributed by atoms with van der Waals surface area (Å²) >= 11 is 0.396. The molecule has 0 bridgehead atoms. The minimum atomic E-state index is -2.52. The number of hydrogen-bond donors (Lipinski definition) is 1. The van der Waals surface area contributed by atoms with E-state index >= 15 is 0 Å². The SMILES string of the molecule is CC(C)CC(=O)C(C#N)C(=O)Nc1ccc(SC(F)F)cc1. The highest BCUT2D eigenvalue weighted by molar-refractivity contribution is 7.99. The van der Waals surface area contributed by atoms with Gasteiger partial charge in [-0.1, -0.05) is 25.6 Å². The van der Waals surface area contributed by atoms with Crippen LogP contribution < -0.4 is 5.32 Å². The summed E-state index contributed by atoms with van der Waals surface area (Å²) < 4.78 is 24.4. The third-order valence-corrected chi connectivity index (χ3v) is 3.39. The average molecular weight is 326 g/mol. The molecule has 1 rings (SSSR count). The monoisotopic (exact) mass is 326 g/mol. The van der Waals surface area contributed by atoms with Gasteiger partial charge in [-0.25, -0.2) is 0 Å². The van der Waals surface area contributed by atoms with Crippen LogP contribution in [0.25, 0.3) is 0 Å². The number of rotatable bonds is 7. The number of ketones is 1. The summed E-state index contributed by atoms with van der Waals surface area (Å²) in [5, 5.41) is 11.4. The highest BCUT2D eigenvalue weighted by Crippen LogP contribution is 2.26. The maximum absolute atomic E-state index is 12.2. The second-order valence-electron chi connectivity index (χ2n) is 5.02. The predicted octanol–water partition coefficient (Wildman–Crippen LogP) is 3.69. The Morgan fingerprint density at radius 3 is 2.32 bits per heavy atom. The lowest BCUT2D eigenvalue weighted by atomic mass is 9.96. The van der Waals surface area contributed by atoms with Crippen LogP contribution >= 0.6 is 11.8 Å². The molecular formula is C15H16F2N2O2S. The fourth-order valence-electron chi connectivity index (χ4n) is 1.73. The number of alkyl halides is 2. The lowest BCUT2D eigenvalue weighted by Gasteiger charge is -2.11. The van der Waals surface area contributed by atoms with Gasteiger partial charge in [0.15, 0.2) is 11.7 Å². The zero-order chi connectivity index (χ0) is 16.7. The molecule has 1 amide bonds. The molecule has 0 fully saturated rings. The predicted molar refractivity (Wildman–Crippen MR) is 80.5 cm³/mol. The highest BCUT2D eigenvalue weighted by Gasteiger charge is 2.26. The van der Waals surface area contributed by atoms with Crippen molar-refractivity contribution in [2.45, 2.75) is 30.9 Å². The van der Waals surface area contributed by atoms with Crippen molar-refractivity contribution in [3.63, 3.8) is 0 Å². The minimum Gasteiger partial charge on any atom is -0.325 e. The first-order valence-corrected chi connectivity index (χ1v) is 7.49. The van der Waals surface area contributed by atoms with Gasteiger partial charge in [-0.2, -0.15) is 14.0 Å². The molecule has 22 heavy (non-hydrogen) atoms. The Morgan fingerprint density at radius 1 is 1.27 bits per heavy atom. The molecule has 4 nitrogen and oxygen atoms in total. The number of hydrogen-bond acceptors (Lipinski definition) is 4. The van der Waals surface area contributed by atoms with E-state index in [9.17, 15) is 18.4 Å². The number of amides is 1. The zero-order valence-corrected chi connectivity index (χ0v) is 13.0. The third-order valence-electron chi connectivity index (χ3n) is 2.67. The molecule has 7 heteroatoms. The molecule has 0 aliphatic carbocycles. The van der Waals surface area contributed by atoms with Gasteiger partial charge in [0, 0.05) is 17.0 Å². The van der Waals surface area contributed by atoms with Crippen molar-refractivity contribution in [3.8, 4) is 6.07 Å². The van der Waals surface area contributed by atoms with Gasteiger partial charge in [0.1, 0.15) is 0 Å². The van der Waals surface area contributed by atoms with Crippen molar-refractivity contribution in [2.24, 2.45) is 11.8 Å². The van der Waals surface area contributed by atoms with E-state index in [0.29, 0.717) is 22.3 Å². The van der Waals surface area contributed by atoms with Crippen molar-refractivity contribution in [2.75, 3.05) is 5.32 Å². The molecule has 0 aliphatic heterocycles. The van der Waals surface area contributed by atoms with Crippen LogP contribution in [0.15, 0.2) is 29.2 Å². The molecule has 0 aliphatic rings. The maximum atomic E-state index is 12.2. The summed E-state index contributed by atoms with van der Waals surface area (Å²) in [7, 11) is 0. The van der Waals surface area contributed by atoms with Crippen LogP contribution in [0.2, 0.25) is 0 Å². The standard InChI is InChI=1S/C15H16F2N2O2S/c1-9(2)7-13(20)12(8-18)14(21)19-10-3-5-11(6-4-10)22-15(16)17/h3-6,9,12,15H,7H2,1-2H3,(H,19,21). The summed E-state index contributed by atoms with van der Waals surface area (Å²) in [4.78, 5) is 24.1. The first kappa shape index (κ1) is 18.1.